The second-order valence-corrected chi connectivity index (χ2v) is 2.53. The summed E-state index contributed by atoms with van der Waals surface area (Å²) in [6.07, 6.45) is -1.44. The van der Waals surface area contributed by atoms with Crippen molar-refractivity contribution in [2.45, 2.75) is 17.9 Å². The second kappa shape index (κ2) is 3.26. The molecule has 0 rings (SSSR count). The van der Waals surface area contributed by atoms with Gasteiger partial charge in [0.05, 0.1) is 6.42 Å². The highest BCUT2D eigenvalue weighted by Crippen LogP contribution is 2.14. The molecule has 76 valence electrons. The van der Waals surface area contributed by atoms with Crippen molar-refractivity contribution < 1.29 is 35.1 Å². The maximum absolute atomic E-state index is 10.1. The van der Waals surface area contributed by atoms with Crippen LogP contribution in [-0.2, 0) is 9.59 Å². The molecule has 0 fully saturated rings. The lowest BCUT2D eigenvalue weighted by Crippen LogP contribution is -2.56. The van der Waals surface area contributed by atoms with E-state index in [-0.39, 0.29) is 0 Å². The number of carboxylic acids is 2. The van der Waals surface area contributed by atoms with Gasteiger partial charge in [-0.2, -0.15) is 0 Å². The maximum Gasteiger partial charge on any atom is 0.364 e. The molecule has 8 nitrogen and oxygen atoms in total. The molecule has 0 aromatic rings. The Kier molecular flexibility index (Phi) is 2.96. The van der Waals surface area contributed by atoms with Crippen LogP contribution in [0.2, 0.25) is 0 Å². The Hall–Kier alpha value is -1.22. The smallest absolute Gasteiger partial charge is 0.364 e. The van der Waals surface area contributed by atoms with Gasteiger partial charge in [-0.15, -0.1) is 0 Å². The first-order valence-corrected chi connectivity index (χ1v) is 3.02. The van der Waals surface area contributed by atoms with Crippen LogP contribution in [0.25, 0.3) is 0 Å². The molecule has 8 heteroatoms. The fraction of sp³-hybridized carbons (Fsp3) is 0.600. The maximum atomic E-state index is 10.1. The van der Waals surface area contributed by atoms with Crippen LogP contribution >= 0.6 is 0 Å². The largest absolute Gasteiger partial charge is 0.478 e. The third-order valence-electron chi connectivity index (χ3n) is 1.23. The van der Waals surface area contributed by atoms with Crippen molar-refractivity contribution in [3.63, 3.8) is 0 Å². The van der Waals surface area contributed by atoms with Gasteiger partial charge in [0.25, 0.3) is 5.79 Å². The van der Waals surface area contributed by atoms with E-state index in [4.69, 9.17) is 25.5 Å². The van der Waals surface area contributed by atoms with Crippen LogP contribution < -0.4 is 5.73 Å². The number of carbonyl (C=O) groups is 2. The molecule has 13 heavy (non-hydrogen) atoms. The van der Waals surface area contributed by atoms with Gasteiger partial charge in [-0.25, -0.2) is 9.59 Å². The molecule has 0 spiro atoms. The molecule has 0 aliphatic carbocycles. The zero-order chi connectivity index (χ0) is 10.9. The summed E-state index contributed by atoms with van der Waals surface area (Å²) in [4.78, 5) is 20.2. The van der Waals surface area contributed by atoms with Crippen LogP contribution in [0.5, 0.6) is 0 Å². The van der Waals surface area contributed by atoms with E-state index in [0.29, 0.717) is 0 Å². The average Bonchev–Trinajstić information content (AvgIpc) is 1.83. The second-order valence-electron chi connectivity index (χ2n) is 2.53. The van der Waals surface area contributed by atoms with Crippen molar-refractivity contribution in [1.29, 1.82) is 0 Å². The topological polar surface area (TPSA) is 161 Å². The van der Waals surface area contributed by atoms with Crippen LogP contribution in [0.4, 0.5) is 0 Å². The minimum Gasteiger partial charge on any atom is -0.478 e. The van der Waals surface area contributed by atoms with Crippen molar-refractivity contribution in [2.75, 3.05) is 0 Å². The number of hydrogen-bond donors (Lipinski definition) is 6. The van der Waals surface area contributed by atoms with Crippen molar-refractivity contribution in [3.05, 3.63) is 0 Å². The average molecular weight is 195 g/mol. The number of aliphatic carboxylic acids is 2. The summed E-state index contributed by atoms with van der Waals surface area (Å²) in [5.74, 6) is -7.43. The number of nitrogens with two attached hydrogens (primary N) is 1. The Balaban J connectivity index is 4.61. The lowest BCUT2D eigenvalue weighted by atomic mass is 10.0. The van der Waals surface area contributed by atoms with Crippen molar-refractivity contribution in [1.82, 2.24) is 0 Å². The first kappa shape index (κ1) is 11.8. The highest BCUT2D eigenvalue weighted by atomic mass is 16.5. The Labute approximate surface area is 71.8 Å². The van der Waals surface area contributed by atoms with E-state index in [9.17, 15) is 9.59 Å². The molecule has 0 bridgehead atoms. The molecule has 0 aromatic carbocycles. The van der Waals surface area contributed by atoms with E-state index in [0.717, 1.165) is 0 Å². The highest BCUT2D eigenvalue weighted by molar-refractivity contribution is 5.80. The summed E-state index contributed by atoms with van der Waals surface area (Å²) in [6.45, 7) is 0. The number of hydrogen-bond acceptors (Lipinski definition) is 6. The molecule has 0 saturated heterocycles. The SMILES string of the molecule is NC(O)(CC(O)(O)C(=O)O)C(=O)O. The monoisotopic (exact) mass is 195 g/mol. The van der Waals surface area contributed by atoms with Gasteiger partial charge in [-0.05, 0) is 0 Å². The fourth-order valence-corrected chi connectivity index (χ4v) is 0.527. The van der Waals surface area contributed by atoms with Gasteiger partial charge in [0.2, 0.25) is 5.72 Å². The number of rotatable bonds is 4. The van der Waals surface area contributed by atoms with Gasteiger partial charge < -0.3 is 25.5 Å². The third-order valence-corrected chi connectivity index (χ3v) is 1.23. The summed E-state index contributed by atoms with van der Waals surface area (Å²) in [5.41, 5.74) is 1.66. The van der Waals surface area contributed by atoms with Crippen LogP contribution in [0.1, 0.15) is 6.42 Å². The summed E-state index contributed by atoms with van der Waals surface area (Å²) in [7, 11) is 0. The minimum atomic E-state index is -3.37. The molecule has 0 aromatic heterocycles. The van der Waals surface area contributed by atoms with Crippen LogP contribution in [0.15, 0.2) is 0 Å². The molecule has 7 N–H and O–H groups in total. The number of aliphatic hydroxyl groups is 3. The normalized spacial score (nSPS) is 16.3. The molecule has 0 aliphatic rings. The van der Waals surface area contributed by atoms with Gasteiger partial charge in [0.1, 0.15) is 0 Å². The highest BCUT2D eigenvalue weighted by Gasteiger charge is 2.45. The molecule has 1 atom stereocenters. The van der Waals surface area contributed by atoms with E-state index < -0.39 is 29.9 Å². The third kappa shape index (κ3) is 2.95. The van der Waals surface area contributed by atoms with E-state index in [2.05, 4.69) is 5.73 Å². The van der Waals surface area contributed by atoms with E-state index in [1.165, 1.54) is 0 Å². The van der Waals surface area contributed by atoms with Crippen molar-refractivity contribution in [3.8, 4) is 0 Å². The van der Waals surface area contributed by atoms with Gasteiger partial charge in [-0.3, -0.25) is 5.73 Å². The van der Waals surface area contributed by atoms with Crippen molar-refractivity contribution >= 4 is 11.9 Å². The van der Waals surface area contributed by atoms with E-state index in [1.807, 2.05) is 0 Å². The standard InChI is InChI=1S/C5H9NO7/c6-4(11,2(7)8)1-5(12,13)3(9)10/h11-13H,1,6H2,(H,7,8)(H,9,10). The molecule has 0 aliphatic heterocycles. The zero-order valence-electron chi connectivity index (χ0n) is 6.34. The first-order valence-electron chi connectivity index (χ1n) is 3.02. The molecule has 1 unspecified atom stereocenters. The summed E-state index contributed by atoms with van der Waals surface area (Å²) in [5, 5.41) is 42.4. The van der Waals surface area contributed by atoms with Crippen LogP contribution in [-0.4, -0.2) is 49.0 Å². The van der Waals surface area contributed by atoms with Gasteiger partial charge in [0, 0.05) is 0 Å². The van der Waals surface area contributed by atoms with Crippen molar-refractivity contribution in [2.24, 2.45) is 5.73 Å². The van der Waals surface area contributed by atoms with Gasteiger partial charge in [0.15, 0.2) is 0 Å². The predicted molar refractivity (Wildman–Crippen MR) is 36.2 cm³/mol. The van der Waals surface area contributed by atoms with E-state index >= 15 is 0 Å². The summed E-state index contributed by atoms with van der Waals surface area (Å²) < 4.78 is 0. The van der Waals surface area contributed by atoms with Crippen LogP contribution in [0, 0.1) is 0 Å². The molecule has 0 radical (unpaired) electrons. The quantitative estimate of drug-likeness (QED) is 0.256. The first-order chi connectivity index (χ1) is 5.59. The Morgan fingerprint density at radius 2 is 1.46 bits per heavy atom. The molecular weight excluding hydrogens is 186 g/mol. The number of carboxylic acid groups (broad SMARTS) is 2. The van der Waals surface area contributed by atoms with Gasteiger partial charge in [-0.1, -0.05) is 0 Å². The van der Waals surface area contributed by atoms with Crippen LogP contribution in [0.3, 0.4) is 0 Å². The Morgan fingerprint density at radius 1 is 1.08 bits per heavy atom. The Morgan fingerprint density at radius 3 is 1.69 bits per heavy atom. The summed E-state index contributed by atoms with van der Waals surface area (Å²) in [6, 6.07) is 0. The molecule has 0 amide bonds. The lowest BCUT2D eigenvalue weighted by Gasteiger charge is -2.24. The predicted octanol–water partition coefficient (Wildman–Crippen LogP) is -3.13. The van der Waals surface area contributed by atoms with Gasteiger partial charge >= 0.3 is 11.9 Å². The molecular formula is C5H9NO7. The fourth-order valence-electron chi connectivity index (χ4n) is 0.527. The lowest BCUT2D eigenvalue weighted by molar-refractivity contribution is -0.222. The summed E-state index contributed by atoms with van der Waals surface area (Å²) >= 11 is 0. The van der Waals surface area contributed by atoms with E-state index in [1.54, 1.807) is 0 Å². The Bertz CT molecular complexity index is 209. The minimum absolute atomic E-state index is 1.44. The molecule has 0 saturated carbocycles. The zero-order valence-corrected chi connectivity index (χ0v) is 6.34. The molecule has 0 heterocycles.